The molecule has 2 rings (SSSR count). The lowest BCUT2D eigenvalue weighted by atomic mass is 10.1. The van der Waals surface area contributed by atoms with Crippen LogP contribution in [0.1, 0.15) is 50.4 Å². The van der Waals surface area contributed by atoms with Gasteiger partial charge in [-0.25, -0.2) is 9.97 Å². The Morgan fingerprint density at radius 2 is 2.00 bits per heavy atom. The summed E-state index contributed by atoms with van der Waals surface area (Å²) in [7, 11) is 0. The highest BCUT2D eigenvalue weighted by atomic mass is 16.3. The SMILES string of the molecule is CCCc1nc(N)c(C)c(N(CCO)C2CCCC2)n1. The third-order valence-electron chi connectivity index (χ3n) is 4.06. The average molecular weight is 278 g/mol. The Bertz CT molecular complexity index is 444. The van der Waals surface area contributed by atoms with Gasteiger partial charge in [-0.2, -0.15) is 0 Å². The molecule has 1 saturated carbocycles. The van der Waals surface area contributed by atoms with Crippen molar-refractivity contribution in [2.45, 2.75) is 58.4 Å². The summed E-state index contributed by atoms with van der Waals surface area (Å²) in [6.07, 6.45) is 6.71. The number of aliphatic hydroxyl groups excluding tert-OH is 1. The minimum Gasteiger partial charge on any atom is -0.395 e. The largest absolute Gasteiger partial charge is 0.395 e. The molecule has 1 aromatic rings. The Balaban J connectivity index is 2.35. The number of hydrogen-bond acceptors (Lipinski definition) is 5. The Morgan fingerprint density at radius 1 is 1.30 bits per heavy atom. The summed E-state index contributed by atoms with van der Waals surface area (Å²) in [6.45, 7) is 4.84. The summed E-state index contributed by atoms with van der Waals surface area (Å²) >= 11 is 0. The van der Waals surface area contributed by atoms with Gasteiger partial charge in [-0.3, -0.25) is 0 Å². The van der Waals surface area contributed by atoms with Gasteiger partial charge in [0.05, 0.1) is 6.61 Å². The van der Waals surface area contributed by atoms with Crippen LogP contribution >= 0.6 is 0 Å². The lowest BCUT2D eigenvalue weighted by Gasteiger charge is -2.31. The van der Waals surface area contributed by atoms with Crippen molar-refractivity contribution in [3.8, 4) is 0 Å². The minimum absolute atomic E-state index is 0.142. The van der Waals surface area contributed by atoms with Crippen molar-refractivity contribution in [3.63, 3.8) is 0 Å². The summed E-state index contributed by atoms with van der Waals surface area (Å²) in [5, 5.41) is 9.37. The number of hydrogen-bond donors (Lipinski definition) is 2. The van der Waals surface area contributed by atoms with Crippen molar-refractivity contribution in [2.75, 3.05) is 23.8 Å². The second-order valence-corrected chi connectivity index (χ2v) is 5.58. The van der Waals surface area contributed by atoms with E-state index in [0.717, 1.165) is 30.0 Å². The van der Waals surface area contributed by atoms with E-state index >= 15 is 0 Å². The van der Waals surface area contributed by atoms with Gasteiger partial charge in [-0.1, -0.05) is 19.8 Å². The average Bonchev–Trinajstić information content (AvgIpc) is 2.94. The van der Waals surface area contributed by atoms with Crippen molar-refractivity contribution in [2.24, 2.45) is 0 Å². The molecule has 112 valence electrons. The van der Waals surface area contributed by atoms with Crippen LogP contribution in [0.2, 0.25) is 0 Å². The maximum Gasteiger partial charge on any atom is 0.137 e. The maximum atomic E-state index is 9.37. The maximum absolute atomic E-state index is 9.37. The number of aryl methyl sites for hydroxylation is 1. The van der Waals surface area contributed by atoms with Gasteiger partial charge in [0, 0.05) is 24.6 Å². The van der Waals surface area contributed by atoms with Crippen LogP contribution in [0, 0.1) is 6.92 Å². The van der Waals surface area contributed by atoms with Crippen LogP contribution in [0.5, 0.6) is 0 Å². The second kappa shape index (κ2) is 6.88. The molecule has 1 aliphatic rings. The Kier molecular flexibility index (Phi) is 5.17. The van der Waals surface area contributed by atoms with Crippen LogP contribution in [-0.2, 0) is 6.42 Å². The quantitative estimate of drug-likeness (QED) is 0.833. The third kappa shape index (κ3) is 3.20. The first-order chi connectivity index (χ1) is 9.67. The molecule has 0 amide bonds. The van der Waals surface area contributed by atoms with Crippen LogP contribution in [0.4, 0.5) is 11.6 Å². The molecule has 1 fully saturated rings. The highest BCUT2D eigenvalue weighted by Gasteiger charge is 2.25. The van der Waals surface area contributed by atoms with Gasteiger partial charge in [0.15, 0.2) is 0 Å². The molecule has 20 heavy (non-hydrogen) atoms. The van der Waals surface area contributed by atoms with Gasteiger partial charge in [0.2, 0.25) is 0 Å². The van der Waals surface area contributed by atoms with E-state index in [1.807, 2.05) is 6.92 Å². The molecule has 1 aromatic heterocycles. The van der Waals surface area contributed by atoms with Gasteiger partial charge >= 0.3 is 0 Å². The first kappa shape index (κ1) is 15.0. The van der Waals surface area contributed by atoms with E-state index in [0.29, 0.717) is 18.4 Å². The van der Waals surface area contributed by atoms with Crippen molar-refractivity contribution in [1.29, 1.82) is 0 Å². The molecule has 0 aliphatic heterocycles. The van der Waals surface area contributed by atoms with E-state index < -0.39 is 0 Å². The van der Waals surface area contributed by atoms with E-state index in [1.165, 1.54) is 25.7 Å². The van der Waals surface area contributed by atoms with Crippen molar-refractivity contribution >= 4 is 11.6 Å². The second-order valence-electron chi connectivity index (χ2n) is 5.58. The number of nitrogens with zero attached hydrogens (tertiary/aromatic N) is 3. The number of nitrogens with two attached hydrogens (primary N) is 1. The predicted molar refractivity (Wildman–Crippen MR) is 81.9 cm³/mol. The van der Waals surface area contributed by atoms with Crippen LogP contribution in [-0.4, -0.2) is 34.3 Å². The fourth-order valence-electron chi connectivity index (χ4n) is 2.97. The first-order valence-electron chi connectivity index (χ1n) is 7.67. The van der Waals surface area contributed by atoms with Gasteiger partial charge in [-0.05, 0) is 26.2 Å². The molecule has 0 unspecified atom stereocenters. The Hall–Kier alpha value is -1.36. The zero-order chi connectivity index (χ0) is 14.5. The molecule has 0 radical (unpaired) electrons. The third-order valence-corrected chi connectivity index (χ3v) is 4.06. The zero-order valence-electron chi connectivity index (χ0n) is 12.6. The molecule has 1 heterocycles. The van der Waals surface area contributed by atoms with Gasteiger partial charge in [0.1, 0.15) is 17.5 Å². The smallest absolute Gasteiger partial charge is 0.137 e. The minimum atomic E-state index is 0.142. The lowest BCUT2D eigenvalue weighted by Crippen LogP contribution is -2.37. The van der Waals surface area contributed by atoms with Crippen LogP contribution in [0.15, 0.2) is 0 Å². The fourth-order valence-corrected chi connectivity index (χ4v) is 2.97. The summed E-state index contributed by atoms with van der Waals surface area (Å²) in [6, 6.07) is 0.477. The van der Waals surface area contributed by atoms with Gasteiger partial charge in [-0.15, -0.1) is 0 Å². The van der Waals surface area contributed by atoms with Crippen molar-refractivity contribution < 1.29 is 5.11 Å². The topological polar surface area (TPSA) is 75.3 Å². The van der Waals surface area contributed by atoms with E-state index in [4.69, 9.17) is 10.7 Å². The van der Waals surface area contributed by atoms with Crippen LogP contribution in [0.3, 0.4) is 0 Å². The molecule has 1 aliphatic carbocycles. The highest BCUT2D eigenvalue weighted by molar-refractivity contribution is 5.57. The summed E-state index contributed by atoms with van der Waals surface area (Å²) in [5.74, 6) is 2.30. The monoisotopic (exact) mass is 278 g/mol. The number of anilines is 2. The molecule has 5 nitrogen and oxygen atoms in total. The number of nitrogen functional groups attached to an aromatic ring is 1. The Labute approximate surface area is 121 Å². The zero-order valence-corrected chi connectivity index (χ0v) is 12.6. The molecule has 0 atom stereocenters. The van der Waals surface area contributed by atoms with E-state index in [1.54, 1.807) is 0 Å². The lowest BCUT2D eigenvalue weighted by molar-refractivity contribution is 0.296. The standard InChI is InChI=1S/C15H26N4O/c1-3-6-13-17-14(16)11(2)15(18-13)19(9-10-20)12-7-4-5-8-12/h12,20H,3-10H2,1-2H3,(H2,16,17,18). The van der Waals surface area contributed by atoms with Crippen molar-refractivity contribution in [1.82, 2.24) is 9.97 Å². The van der Waals surface area contributed by atoms with Crippen LogP contribution < -0.4 is 10.6 Å². The molecular formula is C15H26N4O. The summed E-state index contributed by atoms with van der Waals surface area (Å²) in [4.78, 5) is 11.3. The highest BCUT2D eigenvalue weighted by Crippen LogP contribution is 2.30. The molecule has 5 heteroatoms. The summed E-state index contributed by atoms with van der Waals surface area (Å²) < 4.78 is 0. The fraction of sp³-hybridized carbons (Fsp3) is 0.733. The van der Waals surface area contributed by atoms with Crippen LogP contribution in [0.25, 0.3) is 0 Å². The van der Waals surface area contributed by atoms with E-state index in [9.17, 15) is 5.11 Å². The van der Waals surface area contributed by atoms with Gasteiger partial charge in [0.25, 0.3) is 0 Å². The molecule has 0 aromatic carbocycles. The first-order valence-corrected chi connectivity index (χ1v) is 7.67. The van der Waals surface area contributed by atoms with Crippen molar-refractivity contribution in [3.05, 3.63) is 11.4 Å². The Morgan fingerprint density at radius 3 is 2.60 bits per heavy atom. The number of rotatable bonds is 6. The molecule has 0 bridgehead atoms. The normalized spacial score (nSPS) is 15.8. The number of aromatic nitrogens is 2. The van der Waals surface area contributed by atoms with Gasteiger partial charge < -0.3 is 15.7 Å². The molecule has 3 N–H and O–H groups in total. The number of aliphatic hydroxyl groups is 1. The molecular weight excluding hydrogens is 252 g/mol. The van der Waals surface area contributed by atoms with E-state index in [2.05, 4.69) is 16.8 Å². The molecule has 0 saturated heterocycles. The van der Waals surface area contributed by atoms with E-state index in [-0.39, 0.29) is 6.61 Å². The predicted octanol–water partition coefficient (Wildman–Crippen LogP) is 2.06. The molecule has 0 spiro atoms. The summed E-state index contributed by atoms with van der Waals surface area (Å²) in [5.41, 5.74) is 6.98.